The van der Waals surface area contributed by atoms with Gasteiger partial charge in [0.25, 0.3) is 5.95 Å². The Hall–Kier alpha value is -3.28. The second kappa shape index (κ2) is 8.22. The number of urea groups is 1. The molecule has 158 valence electrons. The van der Waals surface area contributed by atoms with E-state index in [4.69, 9.17) is 11.6 Å². The third-order valence-corrected chi connectivity index (χ3v) is 4.65. The zero-order valence-electron chi connectivity index (χ0n) is 16.0. The lowest BCUT2D eigenvalue weighted by Crippen LogP contribution is -2.41. The molecule has 30 heavy (non-hydrogen) atoms. The molecule has 0 aliphatic carbocycles. The molecule has 0 spiro atoms. The van der Waals surface area contributed by atoms with Gasteiger partial charge in [0.2, 0.25) is 0 Å². The topological polar surface area (TPSA) is 92.9 Å². The molecule has 0 aromatic carbocycles. The summed E-state index contributed by atoms with van der Waals surface area (Å²) in [6, 6.07) is 1.20. The van der Waals surface area contributed by atoms with Crippen molar-refractivity contribution in [1.29, 1.82) is 0 Å². The van der Waals surface area contributed by atoms with Crippen molar-refractivity contribution in [3.63, 3.8) is 0 Å². The van der Waals surface area contributed by atoms with E-state index in [0.717, 1.165) is 11.1 Å². The van der Waals surface area contributed by atoms with Gasteiger partial charge in [-0.25, -0.2) is 24.7 Å². The van der Waals surface area contributed by atoms with Gasteiger partial charge < -0.3 is 4.90 Å². The predicted octanol–water partition coefficient (Wildman–Crippen LogP) is 3.37. The zero-order valence-corrected chi connectivity index (χ0v) is 16.8. The molecule has 3 aromatic rings. The number of rotatable bonds is 4. The Balaban J connectivity index is 1.83. The highest BCUT2D eigenvalue weighted by atomic mass is 35.5. The van der Waals surface area contributed by atoms with Crippen LogP contribution in [0, 0.1) is 0 Å². The van der Waals surface area contributed by atoms with E-state index in [1.807, 2.05) is 0 Å². The van der Waals surface area contributed by atoms with E-state index in [9.17, 15) is 18.0 Å². The van der Waals surface area contributed by atoms with Crippen molar-refractivity contribution in [2.75, 3.05) is 19.0 Å². The smallest absolute Gasteiger partial charge is 0.317 e. The summed E-state index contributed by atoms with van der Waals surface area (Å²) in [5.74, 6) is 0.670. The van der Waals surface area contributed by atoms with Crippen LogP contribution in [-0.2, 0) is 6.18 Å². The Kier molecular flexibility index (Phi) is 5.87. The van der Waals surface area contributed by atoms with Crippen molar-refractivity contribution in [3.05, 3.63) is 53.6 Å². The number of hydrogen-bond donors (Lipinski definition) is 0. The lowest BCUT2D eigenvalue weighted by Gasteiger charge is -2.29. The summed E-state index contributed by atoms with van der Waals surface area (Å²) in [4.78, 5) is 31.1. The van der Waals surface area contributed by atoms with Crippen molar-refractivity contribution in [2.45, 2.75) is 19.1 Å². The van der Waals surface area contributed by atoms with E-state index in [2.05, 4.69) is 25.0 Å². The maximum atomic E-state index is 12.9. The fourth-order valence-corrected chi connectivity index (χ4v) is 2.87. The van der Waals surface area contributed by atoms with E-state index in [0.29, 0.717) is 11.9 Å². The van der Waals surface area contributed by atoms with Gasteiger partial charge in [-0.05, 0) is 19.1 Å². The first-order valence-electron chi connectivity index (χ1n) is 8.51. The highest BCUT2D eigenvalue weighted by Gasteiger charge is 2.34. The van der Waals surface area contributed by atoms with Gasteiger partial charge in [0, 0.05) is 26.5 Å². The van der Waals surface area contributed by atoms with Crippen LogP contribution in [0.15, 0.2) is 37.1 Å². The molecule has 3 heterocycles. The van der Waals surface area contributed by atoms with E-state index in [1.54, 1.807) is 25.4 Å². The fraction of sp³-hybridized carbons (Fsp3) is 0.294. The van der Waals surface area contributed by atoms with Crippen molar-refractivity contribution in [3.8, 4) is 5.95 Å². The second-order valence-electron chi connectivity index (χ2n) is 6.23. The van der Waals surface area contributed by atoms with Crippen molar-refractivity contribution in [1.82, 2.24) is 34.6 Å². The quantitative estimate of drug-likeness (QED) is 0.617. The highest BCUT2D eigenvalue weighted by Crippen LogP contribution is 2.33. The minimum Gasteiger partial charge on any atom is -0.317 e. The first-order valence-corrected chi connectivity index (χ1v) is 8.89. The van der Waals surface area contributed by atoms with Gasteiger partial charge in [0.15, 0.2) is 5.82 Å². The predicted molar refractivity (Wildman–Crippen MR) is 101 cm³/mol. The molecule has 0 saturated heterocycles. The molecule has 1 atom stereocenters. The standard InChI is InChI=1S/C17H16ClF3N8O/c1-10(14-25-9-26-29(14)15-22-5-4-6-23-15)27(2)16(30)28(3)12-8-24-13(7-11(12)18)17(19,20)21/h4-10H,1-3H3. The van der Waals surface area contributed by atoms with Crippen LogP contribution >= 0.6 is 11.6 Å². The van der Waals surface area contributed by atoms with E-state index < -0.39 is 23.9 Å². The maximum Gasteiger partial charge on any atom is 0.433 e. The van der Waals surface area contributed by atoms with Gasteiger partial charge in [-0.15, -0.1) is 0 Å². The van der Waals surface area contributed by atoms with Gasteiger partial charge in [0.1, 0.15) is 12.0 Å². The van der Waals surface area contributed by atoms with Crippen LogP contribution in [0.3, 0.4) is 0 Å². The molecule has 3 rings (SSSR count). The lowest BCUT2D eigenvalue weighted by molar-refractivity contribution is -0.141. The Labute approximate surface area is 174 Å². The molecule has 13 heteroatoms. The SMILES string of the molecule is CC(c1ncnn1-c1ncccn1)N(C)C(=O)N(C)c1cnc(C(F)(F)F)cc1Cl. The Morgan fingerprint density at radius 3 is 2.43 bits per heavy atom. The van der Waals surface area contributed by atoms with Gasteiger partial charge in [0.05, 0.1) is 22.9 Å². The van der Waals surface area contributed by atoms with Crippen molar-refractivity contribution >= 4 is 23.3 Å². The van der Waals surface area contributed by atoms with E-state index >= 15 is 0 Å². The maximum absolute atomic E-state index is 12.9. The summed E-state index contributed by atoms with van der Waals surface area (Å²) < 4.78 is 39.8. The number of carbonyl (C=O) groups excluding carboxylic acids is 1. The molecule has 9 nitrogen and oxygen atoms in total. The molecule has 0 radical (unpaired) electrons. The molecule has 0 N–H and O–H groups in total. The molecule has 0 bridgehead atoms. The third kappa shape index (κ3) is 4.17. The van der Waals surface area contributed by atoms with E-state index in [1.165, 1.54) is 30.0 Å². The molecule has 0 saturated carbocycles. The van der Waals surface area contributed by atoms with Crippen molar-refractivity contribution in [2.24, 2.45) is 0 Å². The second-order valence-corrected chi connectivity index (χ2v) is 6.63. The highest BCUT2D eigenvalue weighted by molar-refractivity contribution is 6.33. The molecule has 1 unspecified atom stereocenters. The van der Waals surface area contributed by atoms with Crippen LogP contribution < -0.4 is 4.90 Å². The molecule has 0 fully saturated rings. The first kappa shape index (κ1) is 21.4. The van der Waals surface area contributed by atoms with E-state index in [-0.39, 0.29) is 16.7 Å². The van der Waals surface area contributed by atoms with Crippen LogP contribution in [0.4, 0.5) is 23.7 Å². The number of hydrogen-bond acceptors (Lipinski definition) is 6. The van der Waals surface area contributed by atoms with Gasteiger partial charge >= 0.3 is 12.2 Å². The van der Waals surface area contributed by atoms with Crippen molar-refractivity contribution < 1.29 is 18.0 Å². The lowest BCUT2D eigenvalue weighted by atomic mass is 10.2. The van der Waals surface area contributed by atoms with Crippen LogP contribution in [0.5, 0.6) is 0 Å². The summed E-state index contributed by atoms with van der Waals surface area (Å²) >= 11 is 5.97. The minimum atomic E-state index is -4.64. The summed E-state index contributed by atoms with van der Waals surface area (Å²) in [6.07, 6.45) is 0.657. The number of pyridine rings is 1. The summed E-state index contributed by atoms with van der Waals surface area (Å²) in [5.41, 5.74) is -1.11. The van der Waals surface area contributed by atoms with Crippen LogP contribution in [0.25, 0.3) is 5.95 Å². The normalized spacial score (nSPS) is 12.5. The number of alkyl halides is 3. The average molecular weight is 441 g/mol. The Morgan fingerprint density at radius 2 is 1.83 bits per heavy atom. The van der Waals surface area contributed by atoms with Gasteiger partial charge in [-0.3, -0.25) is 4.90 Å². The monoisotopic (exact) mass is 440 g/mol. The van der Waals surface area contributed by atoms with Crippen LogP contribution in [-0.4, -0.2) is 54.7 Å². The molecule has 0 aliphatic heterocycles. The summed E-state index contributed by atoms with van der Waals surface area (Å²) in [5, 5.41) is 3.84. The molecule has 0 aliphatic rings. The van der Waals surface area contributed by atoms with Gasteiger partial charge in [-0.1, -0.05) is 11.6 Å². The number of halogens is 4. The number of carbonyl (C=O) groups is 1. The minimum absolute atomic E-state index is 0.0292. The molecule has 2 amide bonds. The number of nitrogens with zero attached hydrogens (tertiary/aromatic N) is 8. The Morgan fingerprint density at radius 1 is 1.17 bits per heavy atom. The fourth-order valence-electron chi connectivity index (χ4n) is 2.59. The Bertz CT molecular complexity index is 1040. The van der Waals surface area contributed by atoms with Crippen LogP contribution in [0.1, 0.15) is 24.5 Å². The number of amides is 2. The summed E-state index contributed by atoms with van der Waals surface area (Å²) in [6.45, 7) is 1.71. The van der Waals surface area contributed by atoms with Crippen LogP contribution in [0.2, 0.25) is 5.02 Å². The zero-order chi connectivity index (χ0) is 22.1. The molecular formula is C17H16ClF3N8O. The first-order chi connectivity index (χ1) is 14.1. The number of anilines is 1. The molecule has 3 aromatic heterocycles. The third-order valence-electron chi connectivity index (χ3n) is 4.34. The largest absolute Gasteiger partial charge is 0.433 e. The van der Waals surface area contributed by atoms with Gasteiger partial charge in [-0.2, -0.15) is 23.0 Å². The number of aromatic nitrogens is 6. The average Bonchev–Trinajstić information content (AvgIpc) is 3.21. The summed E-state index contributed by atoms with van der Waals surface area (Å²) in [7, 11) is 2.90. The molecular weight excluding hydrogens is 425 g/mol.